The molecule has 1 saturated carbocycles. The van der Waals surface area contributed by atoms with Gasteiger partial charge in [0.15, 0.2) is 0 Å². The second kappa shape index (κ2) is 9.68. The van der Waals surface area contributed by atoms with Crippen molar-refractivity contribution in [3.63, 3.8) is 0 Å². The Labute approximate surface area is 168 Å². The van der Waals surface area contributed by atoms with E-state index in [-0.39, 0.29) is 5.91 Å². The highest BCUT2D eigenvalue weighted by Crippen LogP contribution is 2.26. The summed E-state index contributed by atoms with van der Waals surface area (Å²) < 4.78 is 0. The van der Waals surface area contributed by atoms with Crippen LogP contribution in [0.3, 0.4) is 0 Å². The summed E-state index contributed by atoms with van der Waals surface area (Å²) in [6.07, 6.45) is 8.65. The van der Waals surface area contributed by atoms with Crippen LogP contribution in [0.1, 0.15) is 59.2 Å². The number of carbonyl (C=O) groups excluding carboxylic acids is 2. The summed E-state index contributed by atoms with van der Waals surface area (Å²) in [7, 11) is 0. The smallest absolute Gasteiger partial charge is 0.254 e. The molecule has 0 N–H and O–H groups in total. The Bertz CT molecular complexity index is 773. The number of nitrogens with zero attached hydrogens (tertiary/aromatic N) is 1. The first-order chi connectivity index (χ1) is 13.6. The maximum atomic E-state index is 13.5. The van der Waals surface area contributed by atoms with Crippen molar-refractivity contribution in [1.29, 1.82) is 0 Å². The Morgan fingerprint density at radius 3 is 2.29 bits per heavy atom. The molecule has 0 aliphatic heterocycles. The monoisotopic (exact) mass is 376 g/mol. The van der Waals surface area contributed by atoms with E-state index in [9.17, 15) is 9.59 Å². The van der Waals surface area contributed by atoms with Gasteiger partial charge in [-0.25, -0.2) is 0 Å². The summed E-state index contributed by atoms with van der Waals surface area (Å²) in [5.74, 6) is 0.414. The van der Waals surface area contributed by atoms with E-state index in [4.69, 9.17) is 0 Å². The predicted molar refractivity (Wildman–Crippen MR) is 113 cm³/mol. The zero-order chi connectivity index (χ0) is 19.9. The van der Waals surface area contributed by atoms with Crippen molar-refractivity contribution in [2.24, 2.45) is 5.92 Å². The van der Waals surface area contributed by atoms with E-state index < -0.39 is 6.04 Å². The fourth-order valence-corrected chi connectivity index (χ4v) is 4.32. The van der Waals surface area contributed by atoms with E-state index >= 15 is 0 Å². The highest BCUT2D eigenvalue weighted by molar-refractivity contribution is 5.96. The Morgan fingerprint density at radius 1 is 1.04 bits per heavy atom. The minimum absolute atomic E-state index is 0.0540. The van der Waals surface area contributed by atoms with E-state index in [0.717, 1.165) is 29.5 Å². The van der Waals surface area contributed by atoms with Crippen LogP contribution >= 0.6 is 0 Å². The topological polar surface area (TPSA) is 37.4 Å². The maximum Gasteiger partial charge on any atom is 0.254 e. The second-order valence-electron chi connectivity index (χ2n) is 8.16. The average molecular weight is 377 g/mol. The second-order valence-corrected chi connectivity index (χ2v) is 8.16. The Hall–Kier alpha value is -2.42. The average Bonchev–Trinajstić information content (AvgIpc) is 2.71. The van der Waals surface area contributed by atoms with Crippen LogP contribution in [-0.4, -0.2) is 29.7 Å². The van der Waals surface area contributed by atoms with Crippen LogP contribution in [0.15, 0.2) is 48.5 Å². The lowest BCUT2D eigenvalue weighted by Gasteiger charge is -2.33. The van der Waals surface area contributed by atoms with E-state index in [2.05, 4.69) is 12.4 Å². The molecule has 1 radical (unpaired) electrons. The molecule has 2 aromatic rings. The third-order valence-electron chi connectivity index (χ3n) is 5.69. The Balaban J connectivity index is 1.88. The first-order valence-corrected chi connectivity index (χ1v) is 10.4. The van der Waals surface area contributed by atoms with Gasteiger partial charge in [-0.05, 0) is 50.3 Å². The lowest BCUT2D eigenvalue weighted by atomic mass is 9.88. The van der Waals surface area contributed by atoms with Gasteiger partial charge in [0.25, 0.3) is 5.91 Å². The molecule has 1 aliphatic carbocycles. The summed E-state index contributed by atoms with van der Waals surface area (Å²) in [5, 5.41) is 0. The molecular formula is C25H30NO2. The molecule has 3 nitrogen and oxygen atoms in total. The third-order valence-corrected chi connectivity index (χ3v) is 5.69. The highest BCUT2D eigenvalue weighted by Gasteiger charge is 2.29. The summed E-state index contributed by atoms with van der Waals surface area (Å²) in [6, 6.07) is 15.3. The van der Waals surface area contributed by atoms with E-state index in [1.54, 1.807) is 4.90 Å². The molecule has 0 aromatic heterocycles. The Morgan fingerprint density at radius 2 is 1.68 bits per heavy atom. The minimum atomic E-state index is -0.558. The van der Waals surface area contributed by atoms with Gasteiger partial charge >= 0.3 is 0 Å². The zero-order valence-corrected chi connectivity index (χ0v) is 17.0. The van der Waals surface area contributed by atoms with Gasteiger partial charge in [-0.2, -0.15) is 0 Å². The van der Waals surface area contributed by atoms with Gasteiger partial charge in [-0.1, -0.05) is 66.8 Å². The van der Waals surface area contributed by atoms with Crippen LogP contribution in [0.2, 0.25) is 0 Å². The molecule has 1 fully saturated rings. The Kier molecular flexibility index (Phi) is 7.02. The number of amides is 1. The predicted octanol–water partition coefficient (Wildman–Crippen LogP) is 5.05. The molecule has 0 heterocycles. The lowest BCUT2D eigenvalue weighted by molar-refractivity contribution is 0.0674. The molecule has 3 heteroatoms. The molecule has 0 bridgehead atoms. The highest BCUT2D eigenvalue weighted by atomic mass is 16.2. The number of rotatable bonds is 7. The van der Waals surface area contributed by atoms with Crippen molar-refractivity contribution >= 4 is 12.2 Å². The number of benzene rings is 2. The third kappa shape index (κ3) is 5.31. The van der Waals surface area contributed by atoms with Crippen molar-refractivity contribution in [2.75, 3.05) is 6.54 Å². The molecule has 0 unspecified atom stereocenters. The normalized spacial score (nSPS) is 15.8. The molecule has 1 atom stereocenters. The summed E-state index contributed by atoms with van der Waals surface area (Å²) in [5.41, 5.74) is 3.85. The molecular weight excluding hydrogens is 346 g/mol. The van der Waals surface area contributed by atoms with Gasteiger partial charge in [-0.15, -0.1) is 0 Å². The minimum Gasteiger partial charge on any atom is -0.327 e. The van der Waals surface area contributed by atoms with Gasteiger partial charge in [0, 0.05) is 18.5 Å². The quantitative estimate of drug-likeness (QED) is 0.678. The van der Waals surface area contributed by atoms with Crippen LogP contribution in [0.5, 0.6) is 0 Å². The standard InChI is InChI=1S/C25H30NO2/c1-19-13-20(2)15-23(14-19)25(28)26(17-22-11-7-4-8-12-22)24(18-27)16-21-9-5-3-6-10-21/h3,5-6,9-10,13-15,22,24H,4,7-8,11-12,16-17H2,1-2H3/t24-/m1/s1. The number of carbonyl (C=O) groups is 1. The van der Waals surface area contributed by atoms with Crippen LogP contribution in [0.25, 0.3) is 0 Å². The van der Waals surface area contributed by atoms with Crippen molar-refractivity contribution in [3.05, 3.63) is 70.8 Å². The van der Waals surface area contributed by atoms with Gasteiger partial charge in [0.05, 0.1) is 0 Å². The summed E-state index contributed by atoms with van der Waals surface area (Å²) in [6.45, 7) is 4.64. The van der Waals surface area contributed by atoms with Gasteiger partial charge in [-0.3, -0.25) is 9.59 Å². The molecule has 0 spiro atoms. The zero-order valence-electron chi connectivity index (χ0n) is 17.0. The number of hydrogen-bond donors (Lipinski definition) is 0. The van der Waals surface area contributed by atoms with Gasteiger partial charge in [0.2, 0.25) is 6.29 Å². The van der Waals surface area contributed by atoms with Crippen LogP contribution in [-0.2, 0) is 11.2 Å². The molecule has 0 saturated heterocycles. The van der Waals surface area contributed by atoms with Gasteiger partial charge in [0.1, 0.15) is 6.04 Å². The van der Waals surface area contributed by atoms with E-state index in [1.807, 2.05) is 56.3 Å². The van der Waals surface area contributed by atoms with Crippen molar-refractivity contribution in [3.8, 4) is 0 Å². The molecule has 28 heavy (non-hydrogen) atoms. The van der Waals surface area contributed by atoms with Crippen LogP contribution < -0.4 is 0 Å². The van der Waals surface area contributed by atoms with Gasteiger partial charge < -0.3 is 4.90 Å². The first-order valence-electron chi connectivity index (χ1n) is 10.4. The van der Waals surface area contributed by atoms with Crippen molar-refractivity contribution in [2.45, 2.75) is 58.4 Å². The fourth-order valence-electron chi connectivity index (χ4n) is 4.32. The van der Waals surface area contributed by atoms with Crippen LogP contribution in [0.4, 0.5) is 0 Å². The van der Waals surface area contributed by atoms with Crippen molar-refractivity contribution < 1.29 is 9.59 Å². The first kappa shape index (κ1) is 20.3. The number of aryl methyl sites for hydroxylation is 2. The molecule has 2 aromatic carbocycles. The summed E-state index contributed by atoms with van der Waals surface area (Å²) in [4.78, 5) is 27.2. The van der Waals surface area contributed by atoms with Crippen LogP contribution in [0, 0.1) is 19.8 Å². The molecule has 1 aliphatic rings. The van der Waals surface area contributed by atoms with Crippen molar-refractivity contribution in [1.82, 2.24) is 4.90 Å². The fraction of sp³-hybridized carbons (Fsp3) is 0.440. The molecule has 1 amide bonds. The SMILES string of the molecule is Cc1cc(C)cc(C(=O)N(CC2CCCCC2)[C@@H]([C]=O)Cc2ccccc2)c1. The molecule has 3 rings (SSSR count). The molecule has 147 valence electrons. The number of hydrogen-bond acceptors (Lipinski definition) is 2. The lowest BCUT2D eigenvalue weighted by Crippen LogP contribution is -2.45. The van der Waals surface area contributed by atoms with E-state index in [0.29, 0.717) is 24.4 Å². The van der Waals surface area contributed by atoms with E-state index in [1.165, 1.54) is 19.3 Å². The summed E-state index contributed by atoms with van der Waals surface area (Å²) >= 11 is 0. The maximum absolute atomic E-state index is 13.5. The largest absolute Gasteiger partial charge is 0.327 e.